The summed E-state index contributed by atoms with van der Waals surface area (Å²) in [6, 6.07) is 0. The maximum absolute atomic E-state index is 9.87. The number of ether oxygens (including phenoxy) is 2. The molecule has 0 amide bonds. The van der Waals surface area contributed by atoms with Crippen molar-refractivity contribution in [1.29, 1.82) is 0 Å². The molecule has 19 heavy (non-hydrogen) atoms. The van der Waals surface area contributed by atoms with Crippen molar-refractivity contribution in [3.8, 4) is 12.3 Å². The summed E-state index contributed by atoms with van der Waals surface area (Å²) < 4.78 is 36.4. The Morgan fingerprint density at radius 3 is 1.89 bits per heavy atom. The zero-order valence-electron chi connectivity index (χ0n) is 11.5. The predicted molar refractivity (Wildman–Crippen MR) is 71.5 cm³/mol. The summed E-state index contributed by atoms with van der Waals surface area (Å²) in [7, 11) is -1.10. The van der Waals surface area contributed by atoms with E-state index in [0.29, 0.717) is 0 Å². The highest BCUT2D eigenvalue weighted by atomic mass is 32.2. The van der Waals surface area contributed by atoms with Crippen LogP contribution < -0.4 is 0 Å². The topological polar surface area (TPSA) is 110 Å². The Hall–Kier alpha value is -1.14. The van der Waals surface area contributed by atoms with Gasteiger partial charge in [0.2, 0.25) is 0 Å². The van der Waals surface area contributed by atoms with E-state index in [1.54, 1.807) is 0 Å². The van der Waals surface area contributed by atoms with Gasteiger partial charge in [-0.2, -0.15) is 8.42 Å². The Morgan fingerprint density at radius 2 is 1.84 bits per heavy atom. The minimum atomic E-state index is -3.81. The van der Waals surface area contributed by atoms with E-state index in [-0.39, 0.29) is 19.0 Å². The van der Waals surface area contributed by atoms with Gasteiger partial charge in [0, 0.05) is 20.6 Å². The molecule has 0 aromatic heterocycles. The first-order valence-corrected chi connectivity index (χ1v) is 6.94. The summed E-state index contributed by atoms with van der Waals surface area (Å²) in [5.74, 6) is 1.25. The van der Waals surface area contributed by atoms with E-state index in [0.717, 1.165) is 12.8 Å². The molecule has 0 atom stereocenters. The number of hydrogen-bond donors (Lipinski definition) is 2. The van der Waals surface area contributed by atoms with Crippen molar-refractivity contribution >= 4 is 16.1 Å². The Morgan fingerprint density at radius 1 is 1.32 bits per heavy atom. The Kier molecular flexibility index (Phi) is 20.4. The minimum Gasteiger partial charge on any atom is -0.480 e. The number of methoxy groups -OCH3 is 2. The van der Waals surface area contributed by atoms with E-state index in [2.05, 4.69) is 22.3 Å². The normalized spacial score (nSPS) is 9.21. The number of hydrogen-bond acceptors (Lipinski definition) is 5. The maximum atomic E-state index is 9.87. The molecule has 8 heteroatoms. The molecule has 0 bridgehead atoms. The third-order valence-corrected chi connectivity index (χ3v) is 1.89. The van der Waals surface area contributed by atoms with Crippen LogP contribution in [0, 0.1) is 12.3 Å². The van der Waals surface area contributed by atoms with Crippen molar-refractivity contribution < 1.29 is 32.3 Å². The molecule has 0 aliphatic rings. The molecule has 0 aliphatic carbocycles. The van der Waals surface area contributed by atoms with Crippen LogP contribution in [0.25, 0.3) is 0 Å². The number of terminal acetylenes is 1. The Balaban J connectivity index is -0.000000209. The third kappa shape index (κ3) is 47.4. The first-order valence-electron chi connectivity index (χ1n) is 5.33. The number of carboxylic acids is 1. The number of aliphatic carboxylic acids is 1. The Bertz CT molecular complexity index is 329. The summed E-state index contributed by atoms with van der Waals surface area (Å²) in [6.45, 7) is 1.90. The number of unbranched alkanes of at least 4 members (excludes halogenated alkanes) is 1. The first-order chi connectivity index (χ1) is 8.74. The highest BCUT2D eigenvalue weighted by Crippen LogP contribution is 1.79. The zero-order valence-corrected chi connectivity index (χ0v) is 12.3. The van der Waals surface area contributed by atoms with Crippen molar-refractivity contribution in [3.05, 3.63) is 0 Å². The molecule has 2 N–H and O–H groups in total. The molecule has 0 saturated carbocycles. The lowest BCUT2D eigenvalue weighted by Crippen LogP contribution is -2.08. The lowest BCUT2D eigenvalue weighted by atomic mass is 10.4. The Labute approximate surface area is 114 Å². The lowest BCUT2D eigenvalue weighted by molar-refractivity contribution is -0.141. The third-order valence-electron chi connectivity index (χ3n) is 1.21. The number of rotatable bonds is 6. The molecular formula is C11H22O7S. The quantitative estimate of drug-likeness (QED) is 0.547. The van der Waals surface area contributed by atoms with Crippen LogP contribution in [-0.2, 0) is 24.4 Å². The molecule has 7 nitrogen and oxygen atoms in total. The van der Waals surface area contributed by atoms with Gasteiger partial charge in [-0.3, -0.25) is 4.55 Å². The van der Waals surface area contributed by atoms with Crippen LogP contribution in [-0.4, -0.2) is 57.2 Å². The van der Waals surface area contributed by atoms with E-state index in [9.17, 15) is 13.2 Å². The highest BCUT2D eigenvalue weighted by Gasteiger charge is 2.00. The van der Waals surface area contributed by atoms with Crippen LogP contribution in [0.15, 0.2) is 0 Å². The summed E-state index contributed by atoms with van der Waals surface area (Å²) in [5, 5.41) is 7.79. The van der Waals surface area contributed by atoms with Gasteiger partial charge in [0.25, 0.3) is 10.1 Å². The summed E-state index contributed by atoms with van der Waals surface area (Å²) in [6.07, 6.45) is 6.91. The molecule has 0 heterocycles. The molecule has 0 radical (unpaired) electrons. The van der Waals surface area contributed by atoms with Gasteiger partial charge in [0.1, 0.15) is 6.61 Å². The standard InChI is InChI=1S/C5H8.C3H8O4S.C3H6O3/c1-3-5-4-2;1-7-2-3-8(4,5)6;1-6-2-3(4)5/h1H,4-5H2,2H3;2-3H2,1H3,(H,4,5,6);2H2,1H3,(H,4,5). The van der Waals surface area contributed by atoms with E-state index < -0.39 is 16.1 Å². The van der Waals surface area contributed by atoms with Gasteiger partial charge in [-0.15, -0.1) is 12.3 Å². The molecule has 0 aromatic rings. The molecule has 0 rings (SSSR count). The summed E-state index contributed by atoms with van der Waals surface area (Å²) in [4.78, 5) is 9.47. The second-order valence-electron chi connectivity index (χ2n) is 3.06. The van der Waals surface area contributed by atoms with Crippen molar-refractivity contribution in [2.45, 2.75) is 19.8 Å². The highest BCUT2D eigenvalue weighted by molar-refractivity contribution is 7.85. The molecule has 0 fully saturated rings. The van der Waals surface area contributed by atoms with Gasteiger partial charge in [0.15, 0.2) is 0 Å². The first kappa shape index (κ1) is 23.0. The average Bonchev–Trinajstić information content (AvgIpc) is 2.28. The van der Waals surface area contributed by atoms with Gasteiger partial charge < -0.3 is 14.6 Å². The van der Waals surface area contributed by atoms with Crippen LogP contribution in [0.1, 0.15) is 19.8 Å². The van der Waals surface area contributed by atoms with Crippen molar-refractivity contribution in [2.24, 2.45) is 0 Å². The molecule has 0 saturated heterocycles. The molecule has 114 valence electrons. The predicted octanol–water partition coefficient (Wildman–Crippen LogP) is 0.658. The monoisotopic (exact) mass is 298 g/mol. The van der Waals surface area contributed by atoms with Crippen molar-refractivity contribution in [2.75, 3.05) is 33.2 Å². The van der Waals surface area contributed by atoms with E-state index in [4.69, 9.17) is 16.1 Å². The van der Waals surface area contributed by atoms with Gasteiger partial charge in [-0.25, -0.2) is 4.79 Å². The van der Waals surface area contributed by atoms with Crippen LogP contribution >= 0.6 is 0 Å². The molecule has 0 aliphatic heterocycles. The van der Waals surface area contributed by atoms with Crippen molar-refractivity contribution in [1.82, 2.24) is 0 Å². The second-order valence-corrected chi connectivity index (χ2v) is 4.63. The minimum absolute atomic E-state index is 0.0405. The van der Waals surface area contributed by atoms with Gasteiger partial charge >= 0.3 is 5.97 Å². The van der Waals surface area contributed by atoms with Gasteiger partial charge in [-0.1, -0.05) is 6.92 Å². The molecule has 0 unspecified atom stereocenters. The molecule has 0 spiro atoms. The van der Waals surface area contributed by atoms with E-state index >= 15 is 0 Å². The largest absolute Gasteiger partial charge is 0.480 e. The van der Waals surface area contributed by atoms with E-state index in [1.165, 1.54) is 14.2 Å². The maximum Gasteiger partial charge on any atom is 0.329 e. The smallest absolute Gasteiger partial charge is 0.329 e. The van der Waals surface area contributed by atoms with Gasteiger partial charge in [0.05, 0.1) is 12.4 Å². The fourth-order valence-electron chi connectivity index (χ4n) is 0.456. The number of carbonyl (C=O) groups is 1. The van der Waals surface area contributed by atoms with Crippen molar-refractivity contribution in [3.63, 3.8) is 0 Å². The SMILES string of the molecule is C#CCCC.COCC(=O)O.COCCS(=O)(=O)O. The van der Waals surface area contributed by atoms with Crippen LogP contribution in [0.4, 0.5) is 0 Å². The average molecular weight is 298 g/mol. The van der Waals surface area contributed by atoms with E-state index in [1.807, 2.05) is 0 Å². The van der Waals surface area contributed by atoms with Crippen LogP contribution in [0.5, 0.6) is 0 Å². The lowest BCUT2D eigenvalue weighted by Gasteiger charge is -1.91. The zero-order chi connectivity index (χ0) is 15.7. The van der Waals surface area contributed by atoms with Crippen LogP contribution in [0.2, 0.25) is 0 Å². The molecular weight excluding hydrogens is 276 g/mol. The van der Waals surface area contributed by atoms with Crippen LogP contribution in [0.3, 0.4) is 0 Å². The fourth-order valence-corrected chi connectivity index (χ4v) is 0.834. The second kappa shape index (κ2) is 16.9. The summed E-state index contributed by atoms with van der Waals surface area (Å²) >= 11 is 0. The fraction of sp³-hybridized carbons (Fsp3) is 0.727. The van der Waals surface area contributed by atoms with Gasteiger partial charge in [-0.05, 0) is 6.42 Å². The molecule has 0 aromatic carbocycles. The summed E-state index contributed by atoms with van der Waals surface area (Å²) in [5.41, 5.74) is 0. The number of carboxylic acid groups (broad SMARTS) is 1.